The second-order valence-corrected chi connectivity index (χ2v) is 4.68. The summed E-state index contributed by atoms with van der Waals surface area (Å²) in [5.74, 6) is 1.10. The van der Waals surface area contributed by atoms with Crippen molar-refractivity contribution in [3.8, 4) is 0 Å². The fourth-order valence-corrected chi connectivity index (χ4v) is 2.05. The third kappa shape index (κ3) is 5.39. The van der Waals surface area contributed by atoms with Gasteiger partial charge in [0.05, 0.1) is 6.10 Å². The Balaban J connectivity index is 0.00000225. The number of nitrogens with one attached hydrogen (secondary N) is 1. The molecular weight excluding hydrogens is 248 g/mol. The molecule has 0 aromatic carbocycles. The van der Waals surface area contributed by atoms with E-state index in [9.17, 15) is 4.79 Å². The molecule has 1 fully saturated rings. The lowest BCUT2D eigenvalue weighted by Crippen LogP contribution is -2.36. The van der Waals surface area contributed by atoms with Gasteiger partial charge < -0.3 is 15.8 Å². The van der Waals surface area contributed by atoms with E-state index in [1.165, 1.54) is 0 Å². The number of hydrogen-bond donors (Lipinski definition) is 2. The minimum Gasteiger partial charge on any atom is -0.364 e. The first kappa shape index (κ1) is 16.0. The second kappa shape index (κ2) is 9.10. The summed E-state index contributed by atoms with van der Waals surface area (Å²) in [7, 11) is 0. The number of rotatable bonds is 6. The summed E-state index contributed by atoms with van der Waals surface area (Å²) in [4.78, 5) is 11.6. The van der Waals surface area contributed by atoms with Crippen molar-refractivity contribution in [3.05, 3.63) is 0 Å². The van der Waals surface area contributed by atoms with Crippen molar-refractivity contribution in [1.82, 2.24) is 5.32 Å². The summed E-state index contributed by atoms with van der Waals surface area (Å²) in [6.45, 7) is 1.25. The monoisotopic (exact) mass is 268 g/mol. The lowest BCUT2D eigenvalue weighted by molar-refractivity contribution is -0.131. The standard InChI is InChI=1S/C10H20N2O2S.ClH/c1-15-6-2-5-12-10(13)9-4-3-8(7-11)14-9;/h8-9H,2-7,11H2,1H3,(H,12,13);1H/t8-,9+;/m1./s1. The average molecular weight is 269 g/mol. The first-order chi connectivity index (χ1) is 7.27. The predicted octanol–water partition coefficient (Wildman–Crippen LogP) is 0.784. The van der Waals surface area contributed by atoms with Crippen molar-refractivity contribution in [3.63, 3.8) is 0 Å². The third-order valence-electron chi connectivity index (χ3n) is 2.49. The molecule has 1 rings (SSSR count). The van der Waals surface area contributed by atoms with Gasteiger partial charge in [-0.2, -0.15) is 11.8 Å². The molecule has 16 heavy (non-hydrogen) atoms. The third-order valence-corrected chi connectivity index (χ3v) is 3.18. The zero-order valence-electron chi connectivity index (χ0n) is 9.61. The van der Waals surface area contributed by atoms with Crippen molar-refractivity contribution in [1.29, 1.82) is 0 Å². The number of thioether (sulfide) groups is 1. The van der Waals surface area contributed by atoms with Gasteiger partial charge in [0, 0.05) is 13.1 Å². The van der Waals surface area contributed by atoms with Gasteiger partial charge in [0.2, 0.25) is 5.91 Å². The number of carbonyl (C=O) groups is 1. The maximum absolute atomic E-state index is 11.6. The van der Waals surface area contributed by atoms with Crippen LogP contribution in [0.15, 0.2) is 0 Å². The van der Waals surface area contributed by atoms with E-state index < -0.39 is 0 Å². The van der Waals surface area contributed by atoms with Crippen LogP contribution in [0.25, 0.3) is 0 Å². The highest BCUT2D eigenvalue weighted by Gasteiger charge is 2.29. The van der Waals surface area contributed by atoms with E-state index in [-0.39, 0.29) is 30.5 Å². The van der Waals surface area contributed by atoms with Crippen molar-refractivity contribution in [2.75, 3.05) is 25.1 Å². The minimum atomic E-state index is -0.271. The van der Waals surface area contributed by atoms with Crippen LogP contribution in [-0.2, 0) is 9.53 Å². The number of nitrogens with two attached hydrogens (primary N) is 1. The maximum atomic E-state index is 11.6. The van der Waals surface area contributed by atoms with Crippen LogP contribution >= 0.6 is 24.2 Å². The van der Waals surface area contributed by atoms with E-state index >= 15 is 0 Å². The Hall–Kier alpha value is 0.0300. The Kier molecular flexibility index (Phi) is 9.12. The van der Waals surface area contributed by atoms with Crippen LogP contribution in [0.1, 0.15) is 19.3 Å². The molecule has 0 spiro atoms. The van der Waals surface area contributed by atoms with Gasteiger partial charge in [-0.05, 0) is 31.3 Å². The van der Waals surface area contributed by atoms with Gasteiger partial charge in [0.25, 0.3) is 0 Å². The molecule has 1 aliphatic heterocycles. The zero-order chi connectivity index (χ0) is 11.1. The van der Waals surface area contributed by atoms with Crippen LogP contribution in [0.5, 0.6) is 0 Å². The van der Waals surface area contributed by atoms with E-state index in [1.807, 2.05) is 0 Å². The van der Waals surface area contributed by atoms with Gasteiger partial charge in [-0.3, -0.25) is 4.79 Å². The van der Waals surface area contributed by atoms with Crippen molar-refractivity contribution >= 4 is 30.1 Å². The molecule has 0 bridgehead atoms. The number of amides is 1. The quantitative estimate of drug-likeness (QED) is 0.699. The molecule has 0 unspecified atom stereocenters. The molecule has 3 N–H and O–H groups in total. The molecule has 1 heterocycles. The molecule has 96 valence electrons. The van der Waals surface area contributed by atoms with Crippen LogP contribution in [0.4, 0.5) is 0 Å². The van der Waals surface area contributed by atoms with Gasteiger partial charge in [0.1, 0.15) is 6.10 Å². The highest BCUT2D eigenvalue weighted by molar-refractivity contribution is 7.98. The minimum absolute atomic E-state index is 0. The Labute approximate surface area is 107 Å². The summed E-state index contributed by atoms with van der Waals surface area (Å²) in [5.41, 5.74) is 5.48. The van der Waals surface area contributed by atoms with E-state index in [0.29, 0.717) is 6.54 Å². The predicted molar refractivity (Wildman–Crippen MR) is 70.2 cm³/mol. The molecule has 0 aromatic rings. The molecule has 1 amide bonds. The Bertz CT molecular complexity index is 207. The molecule has 1 aliphatic rings. The van der Waals surface area contributed by atoms with Gasteiger partial charge in [-0.1, -0.05) is 0 Å². The summed E-state index contributed by atoms with van der Waals surface area (Å²) >= 11 is 1.79. The zero-order valence-corrected chi connectivity index (χ0v) is 11.2. The van der Waals surface area contributed by atoms with Gasteiger partial charge in [-0.25, -0.2) is 0 Å². The van der Waals surface area contributed by atoms with E-state index in [1.54, 1.807) is 11.8 Å². The molecule has 4 nitrogen and oxygen atoms in total. The molecule has 0 aliphatic carbocycles. The Morgan fingerprint density at radius 3 is 2.88 bits per heavy atom. The van der Waals surface area contributed by atoms with Gasteiger partial charge in [0.15, 0.2) is 0 Å². The topological polar surface area (TPSA) is 64.4 Å². The van der Waals surface area contributed by atoms with Crippen molar-refractivity contribution in [2.45, 2.75) is 31.5 Å². The fourth-order valence-electron chi connectivity index (χ4n) is 1.61. The molecule has 0 saturated carbocycles. The molecule has 1 saturated heterocycles. The summed E-state index contributed by atoms with van der Waals surface area (Å²) in [6.07, 6.45) is 4.59. The highest BCUT2D eigenvalue weighted by Crippen LogP contribution is 2.18. The number of halogens is 1. The van der Waals surface area contributed by atoms with E-state index in [4.69, 9.17) is 10.5 Å². The van der Waals surface area contributed by atoms with Gasteiger partial charge in [-0.15, -0.1) is 12.4 Å². The second-order valence-electron chi connectivity index (χ2n) is 3.70. The molecule has 0 aromatic heterocycles. The molecular formula is C10H21ClN2O2S. The molecule has 2 atom stereocenters. The fraction of sp³-hybridized carbons (Fsp3) is 0.900. The first-order valence-corrected chi connectivity index (χ1v) is 6.79. The van der Waals surface area contributed by atoms with Crippen LogP contribution in [0, 0.1) is 0 Å². The number of hydrogen-bond acceptors (Lipinski definition) is 4. The van der Waals surface area contributed by atoms with E-state index in [2.05, 4.69) is 11.6 Å². The van der Waals surface area contributed by atoms with Crippen molar-refractivity contribution < 1.29 is 9.53 Å². The van der Waals surface area contributed by atoms with Crippen LogP contribution < -0.4 is 11.1 Å². The largest absolute Gasteiger partial charge is 0.364 e. The number of ether oxygens (including phenoxy) is 1. The maximum Gasteiger partial charge on any atom is 0.249 e. The molecule has 6 heteroatoms. The summed E-state index contributed by atoms with van der Waals surface area (Å²) in [6, 6.07) is 0. The lowest BCUT2D eigenvalue weighted by Gasteiger charge is -2.12. The normalized spacial score (nSPS) is 23.9. The van der Waals surface area contributed by atoms with Crippen molar-refractivity contribution in [2.24, 2.45) is 5.73 Å². The smallest absolute Gasteiger partial charge is 0.249 e. The summed E-state index contributed by atoms with van der Waals surface area (Å²) in [5, 5.41) is 2.89. The molecule has 0 radical (unpaired) electrons. The van der Waals surface area contributed by atoms with Crippen LogP contribution in [0.3, 0.4) is 0 Å². The Morgan fingerprint density at radius 2 is 2.31 bits per heavy atom. The number of carbonyl (C=O) groups excluding carboxylic acids is 1. The first-order valence-electron chi connectivity index (χ1n) is 5.40. The van der Waals surface area contributed by atoms with Gasteiger partial charge >= 0.3 is 0 Å². The lowest BCUT2D eigenvalue weighted by atomic mass is 10.2. The van der Waals surface area contributed by atoms with Crippen LogP contribution in [0.2, 0.25) is 0 Å². The highest BCUT2D eigenvalue weighted by atomic mass is 35.5. The van der Waals surface area contributed by atoms with E-state index in [0.717, 1.165) is 31.6 Å². The van der Waals surface area contributed by atoms with Crippen LogP contribution in [-0.4, -0.2) is 43.2 Å². The average Bonchev–Trinajstić information content (AvgIpc) is 2.72. The SMILES string of the molecule is CSCCCNC(=O)[C@@H]1CC[C@H](CN)O1.Cl. The summed E-state index contributed by atoms with van der Waals surface area (Å²) < 4.78 is 5.49. The Morgan fingerprint density at radius 1 is 1.56 bits per heavy atom.